The van der Waals surface area contributed by atoms with Crippen molar-refractivity contribution >= 4 is 5.69 Å². The van der Waals surface area contributed by atoms with Gasteiger partial charge in [0, 0.05) is 18.7 Å². The maximum atomic E-state index is 10.4. The largest absolute Gasteiger partial charge is 0.387 e. The van der Waals surface area contributed by atoms with Crippen LogP contribution >= 0.6 is 0 Å². The predicted octanol–water partition coefficient (Wildman–Crippen LogP) is 1.79. The summed E-state index contributed by atoms with van der Waals surface area (Å²) in [5.74, 6) is 0. The third-order valence-electron chi connectivity index (χ3n) is 2.35. The van der Waals surface area contributed by atoms with Gasteiger partial charge >= 0.3 is 0 Å². The summed E-state index contributed by atoms with van der Waals surface area (Å²) in [6.07, 6.45) is 1.98. The first kappa shape index (κ1) is 13.3. The number of aliphatic hydroxyl groups excluding tert-OH is 1. The lowest BCUT2D eigenvalue weighted by Crippen LogP contribution is -2.22. The summed E-state index contributed by atoms with van der Waals surface area (Å²) in [6, 6.07) is 5.92. The second-order valence-corrected chi connectivity index (χ2v) is 3.65. The standard InChI is InChI=1S/C12H16N2O3/c1-2-3-8-13-9-12(15)10-4-6-11(7-5-10)14(16)17/h2,4-7,12-13,15H,1,3,8-9H2. The van der Waals surface area contributed by atoms with Crippen LogP contribution in [0.1, 0.15) is 18.1 Å². The van der Waals surface area contributed by atoms with Crippen molar-refractivity contribution in [3.8, 4) is 0 Å². The topological polar surface area (TPSA) is 75.4 Å². The fourth-order valence-corrected chi connectivity index (χ4v) is 1.38. The second kappa shape index (κ2) is 6.78. The molecule has 1 rings (SSSR count). The molecule has 92 valence electrons. The summed E-state index contributed by atoms with van der Waals surface area (Å²) in [5, 5.41) is 23.3. The summed E-state index contributed by atoms with van der Waals surface area (Å²) < 4.78 is 0. The van der Waals surface area contributed by atoms with Crippen molar-refractivity contribution in [3.63, 3.8) is 0 Å². The first-order chi connectivity index (χ1) is 8.15. The van der Waals surface area contributed by atoms with Gasteiger partial charge in [0.25, 0.3) is 5.69 Å². The molecule has 1 unspecified atom stereocenters. The minimum Gasteiger partial charge on any atom is -0.387 e. The molecule has 0 bridgehead atoms. The van der Waals surface area contributed by atoms with E-state index in [1.807, 2.05) is 0 Å². The van der Waals surface area contributed by atoms with E-state index < -0.39 is 11.0 Å². The van der Waals surface area contributed by atoms with Crippen molar-refractivity contribution in [2.45, 2.75) is 12.5 Å². The first-order valence-corrected chi connectivity index (χ1v) is 5.39. The summed E-state index contributed by atoms with van der Waals surface area (Å²) in [6.45, 7) is 4.78. The number of benzene rings is 1. The Bertz CT molecular complexity index is 376. The molecule has 1 aromatic carbocycles. The minimum atomic E-state index is -0.652. The number of rotatable bonds is 7. The molecule has 0 heterocycles. The number of nitro benzene ring substituents is 1. The molecule has 5 heteroatoms. The van der Waals surface area contributed by atoms with Crippen LogP contribution in [0.25, 0.3) is 0 Å². The van der Waals surface area contributed by atoms with Crippen molar-refractivity contribution in [1.29, 1.82) is 0 Å². The lowest BCUT2D eigenvalue weighted by molar-refractivity contribution is -0.384. The molecule has 0 spiro atoms. The van der Waals surface area contributed by atoms with Gasteiger partial charge in [-0.05, 0) is 30.7 Å². The normalized spacial score (nSPS) is 12.1. The highest BCUT2D eigenvalue weighted by molar-refractivity contribution is 5.33. The first-order valence-electron chi connectivity index (χ1n) is 5.39. The lowest BCUT2D eigenvalue weighted by atomic mass is 10.1. The predicted molar refractivity (Wildman–Crippen MR) is 65.7 cm³/mol. The van der Waals surface area contributed by atoms with E-state index in [9.17, 15) is 15.2 Å². The smallest absolute Gasteiger partial charge is 0.269 e. The van der Waals surface area contributed by atoms with Crippen molar-refractivity contribution in [2.75, 3.05) is 13.1 Å². The summed E-state index contributed by atoms with van der Waals surface area (Å²) in [5.41, 5.74) is 0.697. The molecule has 0 saturated heterocycles. The van der Waals surface area contributed by atoms with Gasteiger partial charge in [0.2, 0.25) is 0 Å². The fraction of sp³-hybridized carbons (Fsp3) is 0.333. The van der Waals surface area contributed by atoms with E-state index in [4.69, 9.17) is 0 Å². The highest BCUT2D eigenvalue weighted by Gasteiger charge is 2.09. The summed E-state index contributed by atoms with van der Waals surface area (Å²) >= 11 is 0. The molecule has 1 atom stereocenters. The second-order valence-electron chi connectivity index (χ2n) is 3.65. The summed E-state index contributed by atoms with van der Waals surface area (Å²) in [4.78, 5) is 9.99. The molecule has 0 aliphatic carbocycles. The van der Waals surface area contributed by atoms with Gasteiger partial charge in [-0.25, -0.2) is 0 Å². The molecule has 0 aliphatic heterocycles. The van der Waals surface area contributed by atoms with Crippen LogP contribution in [0.5, 0.6) is 0 Å². The Morgan fingerprint density at radius 1 is 1.47 bits per heavy atom. The molecule has 1 aromatic rings. The van der Waals surface area contributed by atoms with Gasteiger partial charge < -0.3 is 10.4 Å². The van der Waals surface area contributed by atoms with E-state index in [-0.39, 0.29) is 5.69 Å². The van der Waals surface area contributed by atoms with Crippen molar-refractivity contribution in [1.82, 2.24) is 5.32 Å². The number of hydrogen-bond donors (Lipinski definition) is 2. The maximum absolute atomic E-state index is 10.4. The number of non-ortho nitro benzene ring substituents is 1. The van der Waals surface area contributed by atoms with Gasteiger partial charge in [0.15, 0.2) is 0 Å². The average molecular weight is 236 g/mol. The third kappa shape index (κ3) is 4.34. The molecule has 0 saturated carbocycles. The van der Waals surface area contributed by atoms with Crippen LogP contribution in [0.2, 0.25) is 0 Å². The Labute approximate surface area is 99.9 Å². The molecule has 5 nitrogen and oxygen atoms in total. The van der Waals surface area contributed by atoms with Crippen LogP contribution in [-0.2, 0) is 0 Å². The van der Waals surface area contributed by atoms with Crippen LogP contribution in [0.3, 0.4) is 0 Å². The van der Waals surface area contributed by atoms with Crippen LogP contribution in [0.15, 0.2) is 36.9 Å². The minimum absolute atomic E-state index is 0.0283. The zero-order chi connectivity index (χ0) is 12.7. The van der Waals surface area contributed by atoms with Gasteiger partial charge in [-0.3, -0.25) is 10.1 Å². The Kier molecular flexibility index (Phi) is 5.32. The van der Waals surface area contributed by atoms with Crippen LogP contribution in [-0.4, -0.2) is 23.1 Å². The van der Waals surface area contributed by atoms with Crippen molar-refractivity contribution < 1.29 is 10.0 Å². The number of nitrogens with zero attached hydrogens (tertiary/aromatic N) is 1. The molecule has 17 heavy (non-hydrogen) atoms. The van der Waals surface area contributed by atoms with E-state index in [0.29, 0.717) is 12.1 Å². The Hall–Kier alpha value is -1.72. The number of hydrogen-bond acceptors (Lipinski definition) is 4. The van der Waals surface area contributed by atoms with Gasteiger partial charge in [0.1, 0.15) is 0 Å². The van der Waals surface area contributed by atoms with Gasteiger partial charge in [-0.2, -0.15) is 0 Å². The number of aliphatic hydroxyl groups is 1. The van der Waals surface area contributed by atoms with Gasteiger partial charge in [0.05, 0.1) is 11.0 Å². The number of nitro groups is 1. The molecule has 0 fully saturated rings. The Morgan fingerprint density at radius 2 is 2.12 bits per heavy atom. The van der Waals surface area contributed by atoms with Crippen molar-refractivity contribution in [3.05, 3.63) is 52.6 Å². The Morgan fingerprint density at radius 3 is 2.65 bits per heavy atom. The van der Waals surface area contributed by atoms with E-state index >= 15 is 0 Å². The third-order valence-corrected chi connectivity index (χ3v) is 2.35. The van der Waals surface area contributed by atoms with E-state index in [2.05, 4.69) is 11.9 Å². The van der Waals surface area contributed by atoms with Crippen LogP contribution in [0, 0.1) is 10.1 Å². The molecule has 0 amide bonds. The molecule has 0 aromatic heterocycles. The van der Waals surface area contributed by atoms with E-state index in [0.717, 1.165) is 13.0 Å². The molecular weight excluding hydrogens is 220 g/mol. The lowest BCUT2D eigenvalue weighted by Gasteiger charge is -2.11. The number of nitrogens with one attached hydrogen (secondary N) is 1. The monoisotopic (exact) mass is 236 g/mol. The van der Waals surface area contributed by atoms with Gasteiger partial charge in [-0.15, -0.1) is 6.58 Å². The zero-order valence-corrected chi connectivity index (χ0v) is 9.50. The van der Waals surface area contributed by atoms with Gasteiger partial charge in [-0.1, -0.05) is 6.08 Å². The SMILES string of the molecule is C=CCCNCC(O)c1ccc([N+](=O)[O-])cc1. The summed E-state index contributed by atoms with van der Waals surface area (Å²) in [7, 11) is 0. The molecule has 0 aliphatic rings. The average Bonchev–Trinajstić information content (AvgIpc) is 2.34. The van der Waals surface area contributed by atoms with Crippen molar-refractivity contribution in [2.24, 2.45) is 0 Å². The zero-order valence-electron chi connectivity index (χ0n) is 9.50. The quantitative estimate of drug-likeness (QED) is 0.327. The molecule has 2 N–H and O–H groups in total. The highest BCUT2D eigenvalue weighted by Crippen LogP contribution is 2.17. The fourth-order valence-electron chi connectivity index (χ4n) is 1.38. The molecule has 0 radical (unpaired) electrons. The van der Waals surface area contributed by atoms with E-state index in [1.165, 1.54) is 12.1 Å². The van der Waals surface area contributed by atoms with Crippen LogP contribution < -0.4 is 5.32 Å². The van der Waals surface area contributed by atoms with E-state index in [1.54, 1.807) is 18.2 Å². The Balaban J connectivity index is 2.48. The van der Waals surface area contributed by atoms with Crippen LogP contribution in [0.4, 0.5) is 5.69 Å². The maximum Gasteiger partial charge on any atom is 0.269 e. The molecular formula is C12H16N2O3. The highest BCUT2D eigenvalue weighted by atomic mass is 16.6.